The van der Waals surface area contributed by atoms with Crippen LogP contribution in [0.4, 0.5) is 0 Å². The summed E-state index contributed by atoms with van der Waals surface area (Å²) in [5, 5.41) is 0. The van der Waals surface area contributed by atoms with E-state index in [2.05, 4.69) is 51.8 Å². The molecule has 0 aromatic heterocycles. The fraction of sp³-hybridized carbons (Fsp3) is 0.571. The van der Waals surface area contributed by atoms with Gasteiger partial charge in [-0.25, -0.2) is 0 Å². The second-order valence-corrected chi connectivity index (χ2v) is 5.67. The SMILES string of the molecule is Cc1cc(C)c2c(c1)CN(C)CC2(C)C. The third-order valence-electron chi connectivity index (χ3n) is 3.34. The van der Waals surface area contributed by atoms with Crippen molar-refractivity contribution in [2.24, 2.45) is 0 Å². The van der Waals surface area contributed by atoms with Gasteiger partial charge in [0.15, 0.2) is 0 Å². The molecule has 0 amide bonds. The summed E-state index contributed by atoms with van der Waals surface area (Å²) in [4.78, 5) is 2.42. The van der Waals surface area contributed by atoms with Gasteiger partial charge in [0.25, 0.3) is 0 Å². The monoisotopic (exact) mass is 203 g/mol. The van der Waals surface area contributed by atoms with Crippen LogP contribution >= 0.6 is 0 Å². The van der Waals surface area contributed by atoms with Gasteiger partial charge in [-0.15, -0.1) is 0 Å². The summed E-state index contributed by atoms with van der Waals surface area (Å²) in [6, 6.07) is 4.66. The summed E-state index contributed by atoms with van der Waals surface area (Å²) < 4.78 is 0. The Kier molecular flexibility index (Phi) is 2.38. The van der Waals surface area contributed by atoms with Gasteiger partial charge < -0.3 is 4.90 Å². The van der Waals surface area contributed by atoms with Crippen LogP contribution in [-0.2, 0) is 12.0 Å². The molecule has 0 N–H and O–H groups in total. The van der Waals surface area contributed by atoms with Gasteiger partial charge in [0, 0.05) is 18.5 Å². The Hall–Kier alpha value is -0.820. The van der Waals surface area contributed by atoms with Crippen LogP contribution in [0.15, 0.2) is 12.1 Å². The highest BCUT2D eigenvalue weighted by Gasteiger charge is 2.31. The maximum absolute atomic E-state index is 2.42. The number of hydrogen-bond acceptors (Lipinski definition) is 1. The molecule has 0 radical (unpaired) electrons. The molecule has 1 nitrogen and oxygen atoms in total. The van der Waals surface area contributed by atoms with Crippen molar-refractivity contribution in [2.45, 2.75) is 39.7 Å². The maximum Gasteiger partial charge on any atom is 0.0234 e. The number of fused-ring (bicyclic) bond motifs is 1. The van der Waals surface area contributed by atoms with Gasteiger partial charge >= 0.3 is 0 Å². The average molecular weight is 203 g/mol. The zero-order valence-corrected chi connectivity index (χ0v) is 10.5. The lowest BCUT2D eigenvalue weighted by molar-refractivity contribution is 0.235. The predicted molar refractivity (Wildman–Crippen MR) is 65.3 cm³/mol. The lowest BCUT2D eigenvalue weighted by Crippen LogP contribution is -2.40. The molecular weight excluding hydrogens is 182 g/mol. The molecule has 0 fully saturated rings. The van der Waals surface area contributed by atoms with E-state index in [9.17, 15) is 0 Å². The molecule has 1 aromatic carbocycles. The first kappa shape index (κ1) is 10.7. The van der Waals surface area contributed by atoms with Gasteiger partial charge in [0.1, 0.15) is 0 Å². The highest BCUT2D eigenvalue weighted by molar-refractivity contribution is 5.44. The molecule has 1 aromatic rings. The fourth-order valence-electron chi connectivity index (χ4n) is 3.25. The predicted octanol–water partition coefficient (Wildman–Crippen LogP) is 3.03. The number of aryl methyl sites for hydroxylation is 2. The lowest BCUT2D eigenvalue weighted by atomic mass is 9.76. The number of benzene rings is 1. The van der Waals surface area contributed by atoms with Crippen molar-refractivity contribution in [1.82, 2.24) is 4.90 Å². The lowest BCUT2D eigenvalue weighted by Gasteiger charge is -2.39. The summed E-state index contributed by atoms with van der Waals surface area (Å²) in [6.07, 6.45) is 0. The quantitative estimate of drug-likeness (QED) is 0.626. The summed E-state index contributed by atoms with van der Waals surface area (Å²) in [5.74, 6) is 0. The van der Waals surface area contributed by atoms with E-state index < -0.39 is 0 Å². The minimum absolute atomic E-state index is 0.292. The molecule has 15 heavy (non-hydrogen) atoms. The third kappa shape index (κ3) is 1.81. The standard InChI is InChI=1S/C14H21N/c1-10-6-11(2)13-12(7-10)8-15(5)9-14(13,3)4/h6-7H,8-9H2,1-5H3. The van der Waals surface area contributed by atoms with E-state index in [0.29, 0.717) is 5.41 Å². The fourth-order valence-corrected chi connectivity index (χ4v) is 3.25. The number of hydrogen-bond donors (Lipinski definition) is 0. The number of likely N-dealkylation sites (N-methyl/N-ethyl adjacent to an activating group) is 1. The van der Waals surface area contributed by atoms with Crippen LogP contribution in [-0.4, -0.2) is 18.5 Å². The minimum Gasteiger partial charge on any atom is -0.301 e. The van der Waals surface area contributed by atoms with Crippen molar-refractivity contribution < 1.29 is 0 Å². The second kappa shape index (κ2) is 3.34. The molecule has 0 saturated heterocycles. The van der Waals surface area contributed by atoms with E-state index in [1.165, 1.54) is 16.7 Å². The highest BCUT2D eigenvalue weighted by atomic mass is 15.1. The van der Waals surface area contributed by atoms with Crippen LogP contribution in [0, 0.1) is 13.8 Å². The van der Waals surface area contributed by atoms with E-state index >= 15 is 0 Å². The zero-order chi connectivity index (χ0) is 11.2. The Morgan fingerprint density at radius 1 is 1.20 bits per heavy atom. The first-order valence-electron chi connectivity index (χ1n) is 5.69. The van der Waals surface area contributed by atoms with Gasteiger partial charge in [-0.05, 0) is 37.6 Å². The third-order valence-corrected chi connectivity index (χ3v) is 3.34. The summed E-state index contributed by atoms with van der Waals surface area (Å²) in [6.45, 7) is 11.4. The van der Waals surface area contributed by atoms with E-state index in [4.69, 9.17) is 0 Å². The highest BCUT2D eigenvalue weighted by Crippen LogP contribution is 2.35. The molecule has 0 spiro atoms. The average Bonchev–Trinajstić information content (AvgIpc) is 1.97. The van der Waals surface area contributed by atoms with Gasteiger partial charge in [-0.1, -0.05) is 31.5 Å². The Bertz CT molecular complexity index is 391. The van der Waals surface area contributed by atoms with Crippen LogP contribution < -0.4 is 0 Å². The van der Waals surface area contributed by atoms with E-state index in [0.717, 1.165) is 13.1 Å². The van der Waals surface area contributed by atoms with Crippen molar-refractivity contribution in [1.29, 1.82) is 0 Å². The molecule has 0 aliphatic carbocycles. The van der Waals surface area contributed by atoms with Crippen LogP contribution in [0.1, 0.15) is 36.1 Å². The smallest absolute Gasteiger partial charge is 0.0234 e. The van der Waals surface area contributed by atoms with Gasteiger partial charge in [0.2, 0.25) is 0 Å². The van der Waals surface area contributed by atoms with Crippen molar-refractivity contribution in [3.05, 3.63) is 34.4 Å². The van der Waals surface area contributed by atoms with Gasteiger partial charge in [-0.3, -0.25) is 0 Å². The normalized spacial score (nSPS) is 20.1. The second-order valence-electron chi connectivity index (χ2n) is 5.67. The molecule has 0 atom stereocenters. The van der Waals surface area contributed by atoms with Crippen LogP contribution in [0.2, 0.25) is 0 Å². The molecule has 82 valence electrons. The van der Waals surface area contributed by atoms with Crippen molar-refractivity contribution in [3.8, 4) is 0 Å². The summed E-state index contributed by atoms with van der Waals surface area (Å²) in [5.41, 5.74) is 6.23. The summed E-state index contributed by atoms with van der Waals surface area (Å²) >= 11 is 0. The molecule has 0 saturated carbocycles. The largest absolute Gasteiger partial charge is 0.301 e. The topological polar surface area (TPSA) is 3.24 Å². The summed E-state index contributed by atoms with van der Waals surface area (Å²) in [7, 11) is 2.21. The first-order chi connectivity index (χ1) is 6.90. The zero-order valence-electron chi connectivity index (χ0n) is 10.5. The minimum atomic E-state index is 0.292. The van der Waals surface area contributed by atoms with Crippen molar-refractivity contribution in [3.63, 3.8) is 0 Å². The molecular formula is C14H21N. The van der Waals surface area contributed by atoms with Gasteiger partial charge in [-0.2, -0.15) is 0 Å². The molecule has 0 bridgehead atoms. The molecule has 1 heteroatoms. The Morgan fingerprint density at radius 3 is 2.53 bits per heavy atom. The van der Waals surface area contributed by atoms with Crippen molar-refractivity contribution >= 4 is 0 Å². The molecule has 1 heterocycles. The molecule has 1 aliphatic rings. The van der Waals surface area contributed by atoms with Crippen LogP contribution in [0.5, 0.6) is 0 Å². The first-order valence-corrected chi connectivity index (χ1v) is 5.69. The molecule has 0 unspecified atom stereocenters. The van der Waals surface area contributed by atoms with E-state index in [1.54, 1.807) is 5.56 Å². The Morgan fingerprint density at radius 2 is 1.87 bits per heavy atom. The molecule has 1 aliphatic heterocycles. The Balaban J connectivity index is 2.62. The van der Waals surface area contributed by atoms with Crippen LogP contribution in [0.3, 0.4) is 0 Å². The number of rotatable bonds is 0. The van der Waals surface area contributed by atoms with Gasteiger partial charge in [0.05, 0.1) is 0 Å². The van der Waals surface area contributed by atoms with E-state index in [1.807, 2.05) is 0 Å². The molecule has 2 rings (SSSR count). The maximum atomic E-state index is 2.42. The van der Waals surface area contributed by atoms with Crippen LogP contribution in [0.25, 0.3) is 0 Å². The Labute approximate surface area is 93.1 Å². The van der Waals surface area contributed by atoms with Crippen molar-refractivity contribution in [2.75, 3.05) is 13.6 Å². The number of nitrogens with zero attached hydrogens (tertiary/aromatic N) is 1. The van der Waals surface area contributed by atoms with E-state index in [-0.39, 0.29) is 0 Å².